The van der Waals surface area contributed by atoms with E-state index in [-0.39, 0.29) is 18.2 Å². The van der Waals surface area contributed by atoms with Gasteiger partial charge in [0.05, 0.1) is 11.8 Å². The summed E-state index contributed by atoms with van der Waals surface area (Å²) in [4.78, 5) is 10.8. The zero-order valence-electron chi connectivity index (χ0n) is 7.20. The maximum absolute atomic E-state index is 10.8. The zero-order chi connectivity index (χ0) is 9.78. The highest BCUT2D eigenvalue weighted by molar-refractivity contribution is 7.90. The van der Waals surface area contributed by atoms with Crippen LogP contribution in [-0.4, -0.2) is 38.9 Å². The van der Waals surface area contributed by atoms with Gasteiger partial charge in [0.25, 0.3) is 0 Å². The number of hydrogen-bond acceptors (Lipinski definition) is 4. The monoisotopic (exact) mass is 194 g/mol. The third kappa shape index (κ3) is 6.11. The van der Waals surface area contributed by atoms with Crippen LogP contribution < -0.4 is 11.1 Å². The van der Waals surface area contributed by atoms with Gasteiger partial charge in [0.1, 0.15) is 9.84 Å². The normalized spacial score (nSPS) is 13.9. The first-order chi connectivity index (χ1) is 5.33. The molecule has 0 spiro atoms. The van der Waals surface area contributed by atoms with E-state index in [2.05, 4.69) is 5.32 Å². The molecule has 72 valence electrons. The van der Waals surface area contributed by atoms with Crippen molar-refractivity contribution in [1.82, 2.24) is 5.32 Å². The van der Waals surface area contributed by atoms with Gasteiger partial charge >= 0.3 is 0 Å². The summed E-state index contributed by atoms with van der Waals surface area (Å²) >= 11 is 0. The standard InChI is InChI=1S/C6H14N2O3S/c1-5(7)6(9)8-3-4-12(2,10)11/h5H,3-4,7H2,1-2H3,(H,8,9). The minimum Gasteiger partial charge on any atom is -0.354 e. The summed E-state index contributed by atoms with van der Waals surface area (Å²) in [6, 6.07) is -0.593. The minimum atomic E-state index is -3.00. The SMILES string of the molecule is CC(N)C(=O)NCCS(C)(=O)=O. The van der Waals surface area contributed by atoms with Crippen molar-refractivity contribution in [2.75, 3.05) is 18.6 Å². The predicted molar refractivity (Wildman–Crippen MR) is 46.4 cm³/mol. The first kappa shape index (κ1) is 11.4. The number of hydrogen-bond donors (Lipinski definition) is 2. The second kappa shape index (κ2) is 4.42. The second-order valence-corrected chi connectivity index (χ2v) is 4.97. The smallest absolute Gasteiger partial charge is 0.236 e. The fourth-order valence-electron chi connectivity index (χ4n) is 0.521. The van der Waals surface area contributed by atoms with E-state index in [1.54, 1.807) is 0 Å². The predicted octanol–water partition coefficient (Wildman–Crippen LogP) is -1.51. The molecule has 1 unspecified atom stereocenters. The van der Waals surface area contributed by atoms with Crippen LogP contribution in [0.15, 0.2) is 0 Å². The van der Waals surface area contributed by atoms with Gasteiger partial charge in [0, 0.05) is 12.8 Å². The molecule has 6 heteroatoms. The third-order valence-electron chi connectivity index (χ3n) is 1.19. The summed E-state index contributed by atoms with van der Waals surface area (Å²) in [7, 11) is -3.00. The Morgan fingerprint density at radius 2 is 2.08 bits per heavy atom. The van der Waals surface area contributed by atoms with Crippen molar-refractivity contribution in [3.05, 3.63) is 0 Å². The molecule has 0 aromatic carbocycles. The zero-order valence-corrected chi connectivity index (χ0v) is 8.02. The number of nitrogens with one attached hydrogen (secondary N) is 1. The van der Waals surface area contributed by atoms with E-state index in [1.807, 2.05) is 0 Å². The topological polar surface area (TPSA) is 89.3 Å². The molecule has 0 saturated heterocycles. The summed E-state index contributed by atoms with van der Waals surface area (Å²) < 4.78 is 21.2. The van der Waals surface area contributed by atoms with E-state index in [1.165, 1.54) is 6.92 Å². The Balaban J connectivity index is 3.66. The van der Waals surface area contributed by atoms with E-state index in [0.29, 0.717) is 0 Å². The van der Waals surface area contributed by atoms with Gasteiger partial charge in [-0.25, -0.2) is 8.42 Å². The lowest BCUT2D eigenvalue weighted by Crippen LogP contribution is -2.40. The molecular formula is C6H14N2O3S. The number of carbonyl (C=O) groups is 1. The summed E-state index contributed by atoms with van der Waals surface area (Å²) in [5.74, 6) is -0.385. The number of carbonyl (C=O) groups excluding carboxylic acids is 1. The van der Waals surface area contributed by atoms with Gasteiger partial charge in [0.15, 0.2) is 0 Å². The molecule has 0 aromatic rings. The lowest BCUT2D eigenvalue weighted by molar-refractivity contribution is -0.121. The lowest BCUT2D eigenvalue weighted by Gasteiger charge is -2.05. The maximum Gasteiger partial charge on any atom is 0.236 e. The number of sulfone groups is 1. The molecule has 1 amide bonds. The Hall–Kier alpha value is -0.620. The summed E-state index contributed by atoms with van der Waals surface area (Å²) in [5.41, 5.74) is 5.22. The fourth-order valence-corrected chi connectivity index (χ4v) is 0.993. The highest BCUT2D eigenvalue weighted by atomic mass is 32.2. The van der Waals surface area contributed by atoms with Crippen molar-refractivity contribution < 1.29 is 13.2 Å². The van der Waals surface area contributed by atoms with Crippen LogP contribution in [0.5, 0.6) is 0 Å². The van der Waals surface area contributed by atoms with Gasteiger partial charge in [-0.1, -0.05) is 0 Å². The summed E-state index contributed by atoms with van der Waals surface area (Å²) in [6.45, 7) is 1.66. The van der Waals surface area contributed by atoms with Gasteiger partial charge in [-0.15, -0.1) is 0 Å². The van der Waals surface area contributed by atoms with Gasteiger partial charge in [0.2, 0.25) is 5.91 Å². The molecule has 0 aromatic heterocycles. The molecule has 5 nitrogen and oxygen atoms in total. The third-order valence-corrected chi connectivity index (χ3v) is 2.13. The summed E-state index contributed by atoms with van der Waals surface area (Å²) in [5, 5.41) is 2.40. The molecule has 1 atom stereocenters. The van der Waals surface area contributed by atoms with Gasteiger partial charge in [-0.05, 0) is 6.92 Å². The van der Waals surface area contributed by atoms with Crippen LogP contribution in [0.4, 0.5) is 0 Å². The average molecular weight is 194 g/mol. The molecule has 0 aliphatic rings. The molecule has 3 N–H and O–H groups in total. The Bertz CT molecular complexity index is 246. The molecule has 12 heavy (non-hydrogen) atoms. The van der Waals surface area contributed by atoms with Gasteiger partial charge in [-0.3, -0.25) is 4.79 Å². The average Bonchev–Trinajstić information content (AvgIpc) is 1.84. The molecule has 0 heterocycles. The molecule has 0 aliphatic heterocycles. The van der Waals surface area contributed by atoms with Gasteiger partial charge in [-0.2, -0.15) is 0 Å². The molecule has 0 rings (SSSR count). The Kier molecular flexibility index (Phi) is 4.19. The molecular weight excluding hydrogens is 180 g/mol. The largest absolute Gasteiger partial charge is 0.354 e. The van der Waals surface area contributed by atoms with Crippen molar-refractivity contribution in [3.8, 4) is 0 Å². The van der Waals surface area contributed by atoms with Crippen molar-refractivity contribution >= 4 is 15.7 Å². The fraction of sp³-hybridized carbons (Fsp3) is 0.833. The van der Waals surface area contributed by atoms with Crippen LogP contribution in [0.2, 0.25) is 0 Å². The van der Waals surface area contributed by atoms with Crippen LogP contribution in [0.25, 0.3) is 0 Å². The molecule has 0 bridgehead atoms. The van der Waals surface area contributed by atoms with Crippen LogP contribution in [0.1, 0.15) is 6.92 Å². The Morgan fingerprint density at radius 3 is 2.42 bits per heavy atom. The van der Waals surface area contributed by atoms with Crippen LogP contribution in [0, 0.1) is 0 Å². The first-order valence-corrected chi connectivity index (χ1v) is 5.60. The van der Waals surface area contributed by atoms with Crippen molar-refractivity contribution in [2.45, 2.75) is 13.0 Å². The van der Waals surface area contributed by atoms with Gasteiger partial charge < -0.3 is 11.1 Å². The minimum absolute atomic E-state index is 0.0501. The quantitative estimate of drug-likeness (QED) is 0.569. The highest BCUT2D eigenvalue weighted by Crippen LogP contribution is 1.80. The number of rotatable bonds is 4. The van der Waals surface area contributed by atoms with E-state index in [4.69, 9.17) is 5.73 Å². The Morgan fingerprint density at radius 1 is 1.58 bits per heavy atom. The molecule has 0 fully saturated rings. The van der Waals surface area contributed by atoms with Crippen molar-refractivity contribution in [1.29, 1.82) is 0 Å². The van der Waals surface area contributed by atoms with E-state index in [0.717, 1.165) is 6.26 Å². The van der Waals surface area contributed by atoms with E-state index >= 15 is 0 Å². The van der Waals surface area contributed by atoms with E-state index in [9.17, 15) is 13.2 Å². The Labute approximate surface area is 72.2 Å². The number of nitrogens with two attached hydrogens (primary N) is 1. The lowest BCUT2D eigenvalue weighted by atomic mass is 10.3. The van der Waals surface area contributed by atoms with Crippen molar-refractivity contribution in [2.24, 2.45) is 5.73 Å². The molecule has 0 aliphatic carbocycles. The van der Waals surface area contributed by atoms with Crippen molar-refractivity contribution in [3.63, 3.8) is 0 Å². The molecule has 0 saturated carbocycles. The van der Waals surface area contributed by atoms with Crippen LogP contribution >= 0.6 is 0 Å². The summed E-state index contributed by atoms with van der Waals surface area (Å²) in [6.07, 6.45) is 1.12. The molecule has 0 radical (unpaired) electrons. The highest BCUT2D eigenvalue weighted by Gasteiger charge is 2.07. The van der Waals surface area contributed by atoms with E-state index < -0.39 is 15.9 Å². The van der Waals surface area contributed by atoms with Crippen LogP contribution in [0.3, 0.4) is 0 Å². The second-order valence-electron chi connectivity index (χ2n) is 2.71. The number of amides is 1. The first-order valence-electron chi connectivity index (χ1n) is 3.54. The maximum atomic E-state index is 10.8. The van der Waals surface area contributed by atoms with Crippen LogP contribution in [-0.2, 0) is 14.6 Å².